The number of benzene rings is 2. The van der Waals surface area contributed by atoms with Crippen LogP contribution in [0, 0.1) is 0 Å². The molecular formula is C16H17NO2S. The van der Waals surface area contributed by atoms with E-state index < -0.39 is 5.97 Å². The average molecular weight is 287 g/mol. The van der Waals surface area contributed by atoms with Crippen LogP contribution < -0.4 is 5.73 Å². The molecular weight excluding hydrogens is 270 g/mol. The molecule has 0 radical (unpaired) electrons. The molecule has 0 heterocycles. The van der Waals surface area contributed by atoms with E-state index in [1.54, 1.807) is 12.1 Å². The van der Waals surface area contributed by atoms with E-state index in [2.05, 4.69) is 38.1 Å². The Bertz CT molecular complexity index is 621. The van der Waals surface area contributed by atoms with E-state index in [9.17, 15) is 4.79 Å². The topological polar surface area (TPSA) is 63.3 Å². The Morgan fingerprint density at radius 3 is 2.30 bits per heavy atom. The van der Waals surface area contributed by atoms with E-state index in [4.69, 9.17) is 10.8 Å². The number of carbonyl (C=O) groups is 1. The third kappa shape index (κ3) is 3.33. The van der Waals surface area contributed by atoms with Crippen LogP contribution in [-0.4, -0.2) is 11.1 Å². The molecule has 104 valence electrons. The monoisotopic (exact) mass is 287 g/mol. The van der Waals surface area contributed by atoms with Crippen molar-refractivity contribution in [3.05, 3.63) is 53.6 Å². The second-order valence-electron chi connectivity index (χ2n) is 4.88. The zero-order valence-electron chi connectivity index (χ0n) is 11.5. The highest BCUT2D eigenvalue weighted by atomic mass is 32.2. The summed E-state index contributed by atoms with van der Waals surface area (Å²) in [6.45, 7) is 4.32. The fourth-order valence-corrected chi connectivity index (χ4v) is 2.66. The summed E-state index contributed by atoms with van der Waals surface area (Å²) in [5.41, 5.74) is 7.89. The number of nitrogens with two attached hydrogens (primary N) is 1. The van der Waals surface area contributed by atoms with Crippen molar-refractivity contribution in [3.8, 4) is 0 Å². The van der Waals surface area contributed by atoms with E-state index in [1.165, 1.54) is 23.4 Å². The lowest BCUT2D eigenvalue weighted by Crippen LogP contribution is -1.98. The first-order valence-corrected chi connectivity index (χ1v) is 7.19. The number of hydrogen-bond acceptors (Lipinski definition) is 3. The molecule has 3 N–H and O–H groups in total. The molecule has 2 rings (SSSR count). The highest BCUT2D eigenvalue weighted by Crippen LogP contribution is 2.33. The van der Waals surface area contributed by atoms with E-state index >= 15 is 0 Å². The Morgan fingerprint density at radius 1 is 1.15 bits per heavy atom. The van der Waals surface area contributed by atoms with Gasteiger partial charge in [0.25, 0.3) is 0 Å². The largest absolute Gasteiger partial charge is 0.478 e. The minimum Gasteiger partial charge on any atom is -0.478 e. The molecule has 0 aromatic heterocycles. The van der Waals surface area contributed by atoms with Crippen LogP contribution in [0.4, 0.5) is 5.69 Å². The molecule has 0 fully saturated rings. The summed E-state index contributed by atoms with van der Waals surface area (Å²) in [6.07, 6.45) is 0. The lowest BCUT2D eigenvalue weighted by molar-refractivity contribution is 0.0697. The summed E-state index contributed by atoms with van der Waals surface area (Å²) >= 11 is 1.54. The summed E-state index contributed by atoms with van der Waals surface area (Å²) < 4.78 is 0. The lowest BCUT2D eigenvalue weighted by atomic mass is 10.0. The van der Waals surface area contributed by atoms with Gasteiger partial charge in [-0.3, -0.25) is 0 Å². The van der Waals surface area contributed by atoms with Crippen molar-refractivity contribution in [1.29, 1.82) is 0 Å². The van der Waals surface area contributed by atoms with Crippen LogP contribution in [0.15, 0.2) is 52.3 Å². The minimum atomic E-state index is -0.963. The molecule has 0 aliphatic heterocycles. The van der Waals surface area contributed by atoms with Gasteiger partial charge in [-0.1, -0.05) is 37.7 Å². The maximum Gasteiger partial charge on any atom is 0.335 e. The number of rotatable bonds is 4. The maximum absolute atomic E-state index is 10.9. The SMILES string of the molecule is CC(C)c1ccc(Sc2ccc(C(=O)O)cc2N)cc1. The molecule has 4 heteroatoms. The second kappa shape index (κ2) is 6.01. The van der Waals surface area contributed by atoms with Gasteiger partial charge in [0.15, 0.2) is 0 Å². The van der Waals surface area contributed by atoms with E-state index in [1.807, 2.05) is 0 Å². The molecule has 0 atom stereocenters. The van der Waals surface area contributed by atoms with Crippen LogP contribution in [0.25, 0.3) is 0 Å². The number of hydrogen-bond donors (Lipinski definition) is 2. The predicted molar refractivity (Wildman–Crippen MR) is 82.5 cm³/mol. The van der Waals surface area contributed by atoms with Crippen LogP contribution in [0.3, 0.4) is 0 Å². The van der Waals surface area contributed by atoms with Gasteiger partial charge in [0.2, 0.25) is 0 Å². The Labute approximate surface area is 122 Å². The molecule has 2 aromatic carbocycles. The zero-order valence-corrected chi connectivity index (χ0v) is 12.3. The lowest BCUT2D eigenvalue weighted by Gasteiger charge is -2.08. The highest BCUT2D eigenvalue weighted by Gasteiger charge is 2.08. The van der Waals surface area contributed by atoms with Gasteiger partial charge in [0, 0.05) is 15.5 Å². The van der Waals surface area contributed by atoms with Gasteiger partial charge >= 0.3 is 5.97 Å². The first kappa shape index (κ1) is 14.5. The molecule has 0 spiro atoms. The Kier molecular flexibility index (Phi) is 4.35. The van der Waals surface area contributed by atoms with Crippen LogP contribution in [0.5, 0.6) is 0 Å². The number of carboxylic acids is 1. The van der Waals surface area contributed by atoms with Crippen LogP contribution in [-0.2, 0) is 0 Å². The fraction of sp³-hybridized carbons (Fsp3) is 0.188. The van der Waals surface area contributed by atoms with Crippen molar-refractivity contribution in [1.82, 2.24) is 0 Å². The molecule has 0 saturated heterocycles. The first-order chi connectivity index (χ1) is 9.47. The average Bonchev–Trinajstić information content (AvgIpc) is 2.41. The van der Waals surface area contributed by atoms with E-state index in [-0.39, 0.29) is 5.56 Å². The van der Waals surface area contributed by atoms with Crippen molar-refractivity contribution >= 4 is 23.4 Å². The van der Waals surface area contributed by atoms with Gasteiger partial charge in [-0.05, 0) is 41.8 Å². The molecule has 0 unspecified atom stereocenters. The fourth-order valence-electron chi connectivity index (χ4n) is 1.82. The number of nitrogen functional groups attached to an aromatic ring is 1. The second-order valence-corrected chi connectivity index (χ2v) is 6.00. The molecule has 0 aliphatic carbocycles. The third-order valence-corrected chi connectivity index (χ3v) is 4.13. The quantitative estimate of drug-likeness (QED) is 0.825. The predicted octanol–water partition coefficient (Wildman–Crippen LogP) is 4.24. The van der Waals surface area contributed by atoms with E-state index in [0.717, 1.165) is 9.79 Å². The Hall–Kier alpha value is -1.94. The highest BCUT2D eigenvalue weighted by molar-refractivity contribution is 7.99. The Balaban J connectivity index is 2.19. The molecule has 0 aliphatic rings. The summed E-state index contributed by atoms with van der Waals surface area (Å²) in [5, 5.41) is 8.91. The standard InChI is InChI=1S/C16H17NO2S/c1-10(2)11-3-6-13(7-4-11)20-15-8-5-12(16(18)19)9-14(15)17/h3-10H,17H2,1-2H3,(H,18,19). The van der Waals surface area contributed by atoms with Gasteiger partial charge in [-0.15, -0.1) is 0 Å². The summed E-state index contributed by atoms with van der Waals surface area (Å²) in [7, 11) is 0. The van der Waals surface area contributed by atoms with Crippen molar-refractivity contribution in [2.45, 2.75) is 29.6 Å². The zero-order chi connectivity index (χ0) is 14.7. The van der Waals surface area contributed by atoms with Crippen LogP contribution >= 0.6 is 11.8 Å². The smallest absolute Gasteiger partial charge is 0.335 e. The van der Waals surface area contributed by atoms with Gasteiger partial charge in [0.1, 0.15) is 0 Å². The van der Waals surface area contributed by atoms with Gasteiger partial charge in [-0.2, -0.15) is 0 Å². The molecule has 0 bridgehead atoms. The number of aromatic carboxylic acids is 1. The van der Waals surface area contributed by atoms with Crippen LogP contribution in [0.1, 0.15) is 35.7 Å². The molecule has 2 aromatic rings. The Morgan fingerprint density at radius 2 is 1.80 bits per heavy atom. The molecule has 0 amide bonds. The minimum absolute atomic E-state index is 0.210. The summed E-state index contributed by atoms with van der Waals surface area (Å²) in [6, 6.07) is 13.1. The van der Waals surface area contributed by atoms with Crippen molar-refractivity contribution < 1.29 is 9.90 Å². The normalized spacial score (nSPS) is 10.8. The van der Waals surface area contributed by atoms with Gasteiger partial charge < -0.3 is 10.8 Å². The van der Waals surface area contributed by atoms with Crippen LogP contribution in [0.2, 0.25) is 0 Å². The third-order valence-electron chi connectivity index (χ3n) is 3.03. The van der Waals surface area contributed by atoms with Crippen molar-refractivity contribution in [3.63, 3.8) is 0 Å². The van der Waals surface area contributed by atoms with Crippen molar-refractivity contribution in [2.75, 3.05) is 5.73 Å². The van der Waals surface area contributed by atoms with E-state index in [0.29, 0.717) is 11.6 Å². The first-order valence-electron chi connectivity index (χ1n) is 6.38. The summed E-state index contributed by atoms with van der Waals surface area (Å²) in [4.78, 5) is 12.8. The number of carboxylic acid groups (broad SMARTS) is 1. The van der Waals surface area contributed by atoms with Gasteiger partial charge in [0.05, 0.1) is 5.56 Å². The summed E-state index contributed by atoms with van der Waals surface area (Å²) in [5.74, 6) is -0.455. The maximum atomic E-state index is 10.9. The molecule has 20 heavy (non-hydrogen) atoms. The molecule has 3 nitrogen and oxygen atoms in total. The molecule has 0 saturated carbocycles. The van der Waals surface area contributed by atoms with Crippen molar-refractivity contribution in [2.24, 2.45) is 0 Å². The van der Waals surface area contributed by atoms with Gasteiger partial charge in [-0.25, -0.2) is 4.79 Å². The number of anilines is 1.